The zero-order valence-corrected chi connectivity index (χ0v) is 8.46. The molecule has 0 atom stereocenters. The van der Waals surface area contributed by atoms with E-state index < -0.39 is 0 Å². The Hall–Kier alpha value is -1.05. The van der Waals surface area contributed by atoms with Crippen molar-refractivity contribution in [2.75, 3.05) is 5.73 Å². The van der Waals surface area contributed by atoms with Gasteiger partial charge in [-0.1, -0.05) is 32.8 Å². The lowest BCUT2D eigenvalue weighted by Gasteiger charge is -2.12. The maximum absolute atomic E-state index is 5.77. The first-order valence-corrected chi connectivity index (χ1v) is 4.97. The number of pyridine rings is 1. The van der Waals surface area contributed by atoms with Gasteiger partial charge in [0.25, 0.3) is 0 Å². The number of anilines is 1. The fraction of sp³-hybridized carbons (Fsp3) is 0.545. The number of nitrogens with zero attached hydrogens (tertiary/aromatic N) is 1. The number of hydrogen-bond acceptors (Lipinski definition) is 2. The summed E-state index contributed by atoms with van der Waals surface area (Å²) in [6, 6.07) is 4.02. The van der Waals surface area contributed by atoms with E-state index >= 15 is 0 Å². The minimum absolute atomic E-state index is 0.689. The van der Waals surface area contributed by atoms with E-state index in [1.54, 1.807) is 6.20 Å². The Labute approximate surface area is 80.2 Å². The maximum Gasteiger partial charge on any atom is 0.126 e. The van der Waals surface area contributed by atoms with Crippen LogP contribution in [0.5, 0.6) is 0 Å². The van der Waals surface area contributed by atoms with Crippen molar-refractivity contribution < 1.29 is 0 Å². The quantitative estimate of drug-likeness (QED) is 0.769. The third kappa shape index (κ3) is 2.72. The molecule has 0 aliphatic heterocycles. The normalized spacial score (nSPS) is 10.7. The zero-order valence-electron chi connectivity index (χ0n) is 8.46. The van der Waals surface area contributed by atoms with Crippen LogP contribution in [0.4, 0.5) is 5.82 Å². The molecular formula is C11H18N2. The van der Waals surface area contributed by atoms with E-state index in [0.29, 0.717) is 5.82 Å². The molecule has 0 amide bonds. The number of rotatable bonds is 4. The fourth-order valence-electron chi connectivity index (χ4n) is 1.51. The molecule has 0 saturated carbocycles. The van der Waals surface area contributed by atoms with Gasteiger partial charge in [-0.25, -0.2) is 4.98 Å². The SMILES string of the molecule is CCC(CC)Cc1cccnc1N. The maximum atomic E-state index is 5.77. The van der Waals surface area contributed by atoms with Gasteiger partial charge in [0.2, 0.25) is 0 Å². The largest absolute Gasteiger partial charge is 0.383 e. The van der Waals surface area contributed by atoms with Gasteiger partial charge in [0.05, 0.1) is 0 Å². The molecule has 1 heterocycles. The first-order chi connectivity index (χ1) is 6.27. The van der Waals surface area contributed by atoms with E-state index in [9.17, 15) is 0 Å². The third-order valence-corrected chi connectivity index (χ3v) is 2.59. The minimum Gasteiger partial charge on any atom is -0.383 e. The molecule has 0 radical (unpaired) electrons. The highest BCUT2D eigenvalue weighted by Gasteiger charge is 2.07. The molecule has 0 aromatic carbocycles. The van der Waals surface area contributed by atoms with Crippen LogP contribution >= 0.6 is 0 Å². The lowest BCUT2D eigenvalue weighted by atomic mass is 9.95. The molecule has 72 valence electrons. The zero-order chi connectivity index (χ0) is 9.68. The molecular weight excluding hydrogens is 160 g/mol. The lowest BCUT2D eigenvalue weighted by Crippen LogP contribution is -2.05. The van der Waals surface area contributed by atoms with E-state index in [1.165, 1.54) is 18.4 Å². The average Bonchev–Trinajstić information content (AvgIpc) is 2.17. The minimum atomic E-state index is 0.689. The molecule has 0 aliphatic rings. The van der Waals surface area contributed by atoms with E-state index in [2.05, 4.69) is 24.9 Å². The molecule has 0 unspecified atom stereocenters. The van der Waals surface area contributed by atoms with Crippen LogP contribution in [0.15, 0.2) is 18.3 Å². The van der Waals surface area contributed by atoms with Crippen LogP contribution in [0.25, 0.3) is 0 Å². The highest BCUT2D eigenvalue weighted by Crippen LogP contribution is 2.18. The monoisotopic (exact) mass is 178 g/mol. The molecule has 1 aromatic heterocycles. The van der Waals surface area contributed by atoms with Crippen LogP contribution in [-0.2, 0) is 6.42 Å². The summed E-state index contributed by atoms with van der Waals surface area (Å²) in [4.78, 5) is 4.08. The second-order valence-electron chi connectivity index (χ2n) is 3.43. The predicted molar refractivity (Wildman–Crippen MR) is 56.4 cm³/mol. The summed E-state index contributed by atoms with van der Waals surface area (Å²) in [6.45, 7) is 4.45. The summed E-state index contributed by atoms with van der Waals surface area (Å²) >= 11 is 0. The molecule has 2 nitrogen and oxygen atoms in total. The lowest BCUT2D eigenvalue weighted by molar-refractivity contribution is 0.490. The summed E-state index contributed by atoms with van der Waals surface area (Å²) in [5.74, 6) is 1.43. The van der Waals surface area contributed by atoms with Gasteiger partial charge >= 0.3 is 0 Å². The Bertz CT molecular complexity index is 254. The smallest absolute Gasteiger partial charge is 0.126 e. The molecule has 1 rings (SSSR count). The number of nitrogen functional groups attached to an aromatic ring is 1. The topological polar surface area (TPSA) is 38.9 Å². The van der Waals surface area contributed by atoms with Crippen LogP contribution in [0, 0.1) is 5.92 Å². The third-order valence-electron chi connectivity index (χ3n) is 2.59. The van der Waals surface area contributed by atoms with Crippen molar-refractivity contribution >= 4 is 5.82 Å². The first-order valence-electron chi connectivity index (χ1n) is 4.97. The van der Waals surface area contributed by atoms with Crippen molar-refractivity contribution in [3.63, 3.8) is 0 Å². The van der Waals surface area contributed by atoms with Gasteiger partial charge in [-0.15, -0.1) is 0 Å². The first kappa shape index (κ1) is 10.0. The Kier molecular flexibility index (Phi) is 3.74. The molecule has 0 bridgehead atoms. The number of aromatic nitrogens is 1. The summed E-state index contributed by atoms with van der Waals surface area (Å²) in [5.41, 5.74) is 6.96. The summed E-state index contributed by atoms with van der Waals surface area (Å²) in [7, 11) is 0. The van der Waals surface area contributed by atoms with Crippen molar-refractivity contribution in [1.29, 1.82) is 0 Å². The molecule has 2 N–H and O–H groups in total. The van der Waals surface area contributed by atoms with Crippen LogP contribution < -0.4 is 5.73 Å². The van der Waals surface area contributed by atoms with Gasteiger partial charge in [-0.3, -0.25) is 0 Å². The Balaban J connectivity index is 2.67. The average molecular weight is 178 g/mol. The van der Waals surface area contributed by atoms with Gasteiger partial charge in [0, 0.05) is 6.20 Å². The molecule has 0 aliphatic carbocycles. The van der Waals surface area contributed by atoms with E-state index in [1.807, 2.05) is 6.07 Å². The van der Waals surface area contributed by atoms with E-state index in [0.717, 1.165) is 12.3 Å². The Morgan fingerprint density at radius 3 is 2.62 bits per heavy atom. The van der Waals surface area contributed by atoms with Gasteiger partial charge in [-0.2, -0.15) is 0 Å². The molecule has 13 heavy (non-hydrogen) atoms. The second kappa shape index (κ2) is 4.85. The number of nitrogens with two attached hydrogens (primary N) is 1. The fourth-order valence-corrected chi connectivity index (χ4v) is 1.51. The van der Waals surface area contributed by atoms with Crippen LogP contribution in [0.2, 0.25) is 0 Å². The van der Waals surface area contributed by atoms with Gasteiger partial charge in [0.15, 0.2) is 0 Å². The molecule has 2 heteroatoms. The Morgan fingerprint density at radius 2 is 2.08 bits per heavy atom. The number of hydrogen-bond donors (Lipinski definition) is 1. The van der Waals surface area contributed by atoms with Crippen LogP contribution in [0.3, 0.4) is 0 Å². The molecule has 0 fully saturated rings. The summed E-state index contributed by atoms with van der Waals surface area (Å²) in [5, 5.41) is 0. The summed E-state index contributed by atoms with van der Waals surface area (Å²) < 4.78 is 0. The van der Waals surface area contributed by atoms with Crippen LogP contribution in [0.1, 0.15) is 32.3 Å². The van der Waals surface area contributed by atoms with Gasteiger partial charge in [0.1, 0.15) is 5.82 Å². The Morgan fingerprint density at radius 1 is 1.38 bits per heavy atom. The molecule has 0 saturated heterocycles. The molecule has 1 aromatic rings. The van der Waals surface area contributed by atoms with E-state index in [-0.39, 0.29) is 0 Å². The van der Waals surface area contributed by atoms with Crippen molar-refractivity contribution in [1.82, 2.24) is 4.98 Å². The highest BCUT2D eigenvalue weighted by atomic mass is 14.8. The van der Waals surface area contributed by atoms with Gasteiger partial charge in [-0.05, 0) is 24.0 Å². The van der Waals surface area contributed by atoms with E-state index in [4.69, 9.17) is 5.73 Å². The highest BCUT2D eigenvalue weighted by molar-refractivity contribution is 5.38. The predicted octanol–water partition coefficient (Wildman–Crippen LogP) is 2.64. The standard InChI is InChI=1S/C11H18N2/c1-3-9(4-2)8-10-6-5-7-13-11(10)12/h5-7,9H,3-4,8H2,1-2H3,(H2,12,13). The van der Waals surface area contributed by atoms with Crippen molar-refractivity contribution in [2.45, 2.75) is 33.1 Å². The van der Waals surface area contributed by atoms with Gasteiger partial charge < -0.3 is 5.73 Å². The molecule has 0 spiro atoms. The van der Waals surface area contributed by atoms with Crippen molar-refractivity contribution in [2.24, 2.45) is 5.92 Å². The van der Waals surface area contributed by atoms with Crippen LogP contribution in [-0.4, -0.2) is 4.98 Å². The summed E-state index contributed by atoms with van der Waals surface area (Å²) in [6.07, 6.45) is 5.23. The van der Waals surface area contributed by atoms with Crippen molar-refractivity contribution in [3.05, 3.63) is 23.9 Å². The second-order valence-corrected chi connectivity index (χ2v) is 3.43. The van der Waals surface area contributed by atoms with Crippen molar-refractivity contribution in [3.8, 4) is 0 Å².